The minimum atomic E-state index is -0.403. The summed E-state index contributed by atoms with van der Waals surface area (Å²) < 4.78 is 0.637. The summed E-state index contributed by atoms with van der Waals surface area (Å²) in [5, 5.41) is 14.2. The van der Waals surface area contributed by atoms with Crippen LogP contribution < -0.4 is 5.32 Å². The molecule has 0 radical (unpaired) electrons. The Labute approximate surface area is 126 Å². The fourth-order valence-corrected chi connectivity index (χ4v) is 2.95. The van der Waals surface area contributed by atoms with E-state index in [9.17, 15) is 10.1 Å². The van der Waals surface area contributed by atoms with Gasteiger partial charge >= 0.3 is 5.69 Å². The zero-order chi connectivity index (χ0) is 14.5. The van der Waals surface area contributed by atoms with Crippen molar-refractivity contribution in [3.8, 4) is 0 Å². The number of nitrogens with one attached hydrogen (secondary N) is 1. The molecule has 0 bridgehead atoms. The number of rotatable bonds is 5. The van der Waals surface area contributed by atoms with E-state index < -0.39 is 4.92 Å². The first-order valence-corrected chi connectivity index (χ1v) is 7.65. The van der Waals surface area contributed by atoms with Gasteiger partial charge in [-0.3, -0.25) is 15.1 Å². The highest BCUT2D eigenvalue weighted by Crippen LogP contribution is 2.31. The van der Waals surface area contributed by atoms with Gasteiger partial charge in [0.2, 0.25) is 0 Å². The highest BCUT2D eigenvalue weighted by molar-refractivity contribution is 9.10. The molecule has 1 aromatic rings. The molecule has 0 aliphatic carbocycles. The van der Waals surface area contributed by atoms with E-state index in [4.69, 9.17) is 0 Å². The summed E-state index contributed by atoms with van der Waals surface area (Å²) in [7, 11) is 0. The van der Waals surface area contributed by atoms with E-state index >= 15 is 0 Å². The first-order chi connectivity index (χ1) is 9.61. The van der Waals surface area contributed by atoms with Gasteiger partial charge in [0.1, 0.15) is 11.9 Å². The monoisotopic (exact) mass is 342 g/mol. The Morgan fingerprint density at radius 2 is 2.20 bits per heavy atom. The minimum Gasteiger partial charge on any atom is -0.378 e. The van der Waals surface area contributed by atoms with Gasteiger partial charge in [0, 0.05) is 12.7 Å². The molecule has 0 atom stereocenters. The lowest BCUT2D eigenvalue weighted by atomic mass is 9.97. The van der Waals surface area contributed by atoms with Crippen LogP contribution in [0.15, 0.2) is 16.9 Å². The molecule has 1 fully saturated rings. The second-order valence-electron chi connectivity index (χ2n) is 5.03. The van der Waals surface area contributed by atoms with Gasteiger partial charge in [-0.25, -0.2) is 0 Å². The normalized spacial score (nSPS) is 17.1. The lowest BCUT2D eigenvalue weighted by Crippen LogP contribution is -2.35. The summed E-state index contributed by atoms with van der Waals surface area (Å²) in [6, 6.07) is 0. The zero-order valence-electron chi connectivity index (χ0n) is 11.5. The topological polar surface area (TPSA) is 71.3 Å². The SMILES string of the molecule is CCN1CCC(CNc2c(Br)cncc2[N+](=O)[O-])CC1. The molecule has 20 heavy (non-hydrogen) atoms. The van der Waals surface area contributed by atoms with E-state index in [1.165, 1.54) is 6.20 Å². The molecule has 0 saturated carbocycles. The van der Waals surface area contributed by atoms with Crippen molar-refractivity contribution in [2.24, 2.45) is 5.92 Å². The van der Waals surface area contributed by atoms with Gasteiger partial charge in [-0.15, -0.1) is 0 Å². The van der Waals surface area contributed by atoms with Gasteiger partial charge in [0.25, 0.3) is 0 Å². The van der Waals surface area contributed by atoms with Crippen molar-refractivity contribution in [1.82, 2.24) is 9.88 Å². The lowest BCUT2D eigenvalue weighted by molar-refractivity contribution is -0.384. The Kier molecular flexibility index (Phi) is 5.31. The standard InChI is InChI=1S/C13H19BrN4O2/c1-2-17-5-3-10(4-6-17)7-16-13-11(14)8-15-9-12(13)18(19)20/h8-10H,2-7H2,1H3,(H,15,16). The van der Waals surface area contributed by atoms with E-state index in [2.05, 4.69) is 38.1 Å². The summed E-state index contributed by atoms with van der Waals surface area (Å²) in [5.74, 6) is 0.567. The number of aromatic nitrogens is 1. The largest absolute Gasteiger partial charge is 0.378 e. The molecular weight excluding hydrogens is 324 g/mol. The number of pyridine rings is 1. The molecule has 1 aliphatic rings. The average Bonchev–Trinajstić information content (AvgIpc) is 2.46. The van der Waals surface area contributed by atoms with Crippen LogP contribution in [0.25, 0.3) is 0 Å². The molecular formula is C13H19BrN4O2. The summed E-state index contributed by atoms with van der Waals surface area (Å²) in [4.78, 5) is 16.9. The second kappa shape index (κ2) is 6.99. The fourth-order valence-electron chi connectivity index (χ4n) is 2.49. The van der Waals surface area contributed by atoms with Crippen molar-refractivity contribution in [2.45, 2.75) is 19.8 Å². The number of halogens is 1. The Morgan fingerprint density at radius 1 is 1.50 bits per heavy atom. The highest BCUT2D eigenvalue weighted by atomic mass is 79.9. The maximum absolute atomic E-state index is 11.0. The number of likely N-dealkylation sites (tertiary alicyclic amines) is 1. The third-order valence-electron chi connectivity index (χ3n) is 3.80. The number of nitro groups is 1. The first-order valence-electron chi connectivity index (χ1n) is 6.86. The van der Waals surface area contributed by atoms with Crippen LogP contribution in [0.4, 0.5) is 11.4 Å². The molecule has 1 aromatic heterocycles. The molecule has 0 unspecified atom stereocenters. The van der Waals surface area contributed by atoms with E-state index in [1.54, 1.807) is 6.20 Å². The predicted octanol–water partition coefficient (Wildman–Crippen LogP) is 2.90. The van der Waals surface area contributed by atoms with Crippen LogP contribution in [0.2, 0.25) is 0 Å². The Morgan fingerprint density at radius 3 is 2.80 bits per heavy atom. The number of hydrogen-bond acceptors (Lipinski definition) is 5. The van der Waals surface area contributed by atoms with Crippen molar-refractivity contribution in [3.63, 3.8) is 0 Å². The van der Waals surface area contributed by atoms with Gasteiger partial charge < -0.3 is 10.2 Å². The third kappa shape index (κ3) is 3.67. The van der Waals surface area contributed by atoms with Gasteiger partial charge in [-0.1, -0.05) is 6.92 Å². The van der Waals surface area contributed by atoms with Crippen molar-refractivity contribution < 1.29 is 4.92 Å². The van der Waals surface area contributed by atoms with Crippen LogP contribution in [-0.2, 0) is 0 Å². The molecule has 1 N–H and O–H groups in total. The number of anilines is 1. The quantitative estimate of drug-likeness (QED) is 0.657. The molecule has 7 heteroatoms. The molecule has 1 saturated heterocycles. The summed E-state index contributed by atoms with van der Waals surface area (Å²) in [5.41, 5.74) is 0.549. The minimum absolute atomic E-state index is 0.0189. The number of nitrogens with zero attached hydrogens (tertiary/aromatic N) is 3. The van der Waals surface area contributed by atoms with Crippen molar-refractivity contribution in [2.75, 3.05) is 31.5 Å². The first kappa shape index (κ1) is 15.2. The molecule has 1 aliphatic heterocycles. The highest BCUT2D eigenvalue weighted by Gasteiger charge is 2.21. The van der Waals surface area contributed by atoms with Gasteiger partial charge in [0.05, 0.1) is 9.40 Å². The zero-order valence-corrected chi connectivity index (χ0v) is 13.1. The second-order valence-corrected chi connectivity index (χ2v) is 5.89. The smallest absolute Gasteiger partial charge is 0.311 e. The maximum Gasteiger partial charge on any atom is 0.311 e. The van der Waals surface area contributed by atoms with Crippen LogP contribution in [-0.4, -0.2) is 41.0 Å². The Balaban J connectivity index is 1.96. The van der Waals surface area contributed by atoms with Crippen LogP contribution in [0.5, 0.6) is 0 Å². The Bertz CT molecular complexity index is 475. The molecule has 0 aromatic carbocycles. The average molecular weight is 343 g/mol. The lowest BCUT2D eigenvalue weighted by Gasteiger charge is -2.31. The van der Waals surface area contributed by atoms with Gasteiger partial charge in [-0.2, -0.15) is 0 Å². The number of hydrogen-bond donors (Lipinski definition) is 1. The predicted molar refractivity (Wildman–Crippen MR) is 81.9 cm³/mol. The summed E-state index contributed by atoms with van der Waals surface area (Å²) in [6.45, 7) is 6.27. The van der Waals surface area contributed by atoms with Crippen molar-refractivity contribution in [3.05, 3.63) is 27.0 Å². The van der Waals surface area contributed by atoms with E-state index in [-0.39, 0.29) is 5.69 Å². The van der Waals surface area contributed by atoms with E-state index in [0.717, 1.165) is 39.0 Å². The van der Waals surface area contributed by atoms with Gasteiger partial charge in [0.15, 0.2) is 0 Å². The van der Waals surface area contributed by atoms with Crippen molar-refractivity contribution >= 4 is 27.3 Å². The summed E-state index contributed by atoms with van der Waals surface area (Å²) in [6.07, 6.45) is 5.14. The van der Waals surface area contributed by atoms with Crippen LogP contribution in [0, 0.1) is 16.0 Å². The van der Waals surface area contributed by atoms with Crippen LogP contribution in [0.3, 0.4) is 0 Å². The Hall–Kier alpha value is -1.21. The van der Waals surface area contributed by atoms with Crippen molar-refractivity contribution in [1.29, 1.82) is 0 Å². The van der Waals surface area contributed by atoms with E-state index in [1.807, 2.05) is 0 Å². The van der Waals surface area contributed by atoms with E-state index in [0.29, 0.717) is 16.1 Å². The maximum atomic E-state index is 11.0. The molecule has 110 valence electrons. The summed E-state index contributed by atoms with van der Waals surface area (Å²) >= 11 is 3.32. The molecule has 0 spiro atoms. The van der Waals surface area contributed by atoms with Crippen LogP contribution >= 0.6 is 15.9 Å². The van der Waals surface area contributed by atoms with Gasteiger partial charge in [-0.05, 0) is 54.3 Å². The molecule has 2 heterocycles. The molecule has 0 amide bonds. The third-order valence-corrected chi connectivity index (χ3v) is 4.40. The number of piperidine rings is 1. The molecule has 2 rings (SSSR count). The fraction of sp³-hybridized carbons (Fsp3) is 0.615. The molecule has 6 nitrogen and oxygen atoms in total. The van der Waals surface area contributed by atoms with Crippen LogP contribution in [0.1, 0.15) is 19.8 Å².